The number of halogens is 3. The Bertz CT molecular complexity index is 1330. The van der Waals surface area contributed by atoms with E-state index < -0.39 is 32.8 Å². The maximum absolute atomic E-state index is 14.0. The molecule has 12 heteroatoms. The normalized spacial score (nSPS) is 15.7. The number of fused-ring (bicyclic) bond motifs is 1. The number of rotatable bonds is 7. The van der Waals surface area contributed by atoms with Gasteiger partial charge in [-0.3, -0.25) is 4.98 Å². The van der Waals surface area contributed by atoms with Crippen molar-refractivity contribution in [3.63, 3.8) is 0 Å². The molecule has 186 valence electrons. The van der Waals surface area contributed by atoms with Gasteiger partial charge in [0.2, 0.25) is 10.0 Å². The van der Waals surface area contributed by atoms with E-state index in [2.05, 4.69) is 15.3 Å². The van der Waals surface area contributed by atoms with Crippen molar-refractivity contribution in [2.45, 2.75) is 30.1 Å². The first-order chi connectivity index (χ1) is 16.5. The number of hydrogen-bond acceptors (Lipinski definition) is 7. The zero-order valence-corrected chi connectivity index (χ0v) is 20.1. The van der Waals surface area contributed by atoms with Gasteiger partial charge in [0.1, 0.15) is 11.9 Å². The molecule has 1 N–H and O–H groups in total. The van der Waals surface area contributed by atoms with E-state index in [1.807, 2.05) is 0 Å². The van der Waals surface area contributed by atoms with E-state index in [1.165, 1.54) is 20.2 Å². The van der Waals surface area contributed by atoms with Crippen LogP contribution in [0.4, 0.5) is 30.4 Å². The Morgan fingerprint density at radius 2 is 1.89 bits per heavy atom. The van der Waals surface area contributed by atoms with Crippen molar-refractivity contribution in [3.8, 4) is 5.75 Å². The van der Waals surface area contributed by atoms with Crippen LogP contribution in [0.1, 0.15) is 17.7 Å². The highest BCUT2D eigenvalue weighted by Crippen LogP contribution is 2.43. The molecule has 0 aliphatic carbocycles. The topological polar surface area (TPSA) is 87.7 Å². The van der Waals surface area contributed by atoms with Gasteiger partial charge in [0.15, 0.2) is 5.82 Å². The van der Waals surface area contributed by atoms with Gasteiger partial charge in [0.25, 0.3) is 0 Å². The van der Waals surface area contributed by atoms with Gasteiger partial charge < -0.3 is 15.0 Å². The third-order valence-electron chi connectivity index (χ3n) is 5.66. The highest BCUT2D eigenvalue weighted by Gasteiger charge is 2.40. The fourth-order valence-corrected chi connectivity index (χ4v) is 5.01. The van der Waals surface area contributed by atoms with E-state index in [4.69, 9.17) is 4.74 Å². The lowest BCUT2D eigenvalue weighted by Crippen LogP contribution is -2.33. The minimum atomic E-state index is -4.88. The summed E-state index contributed by atoms with van der Waals surface area (Å²) in [6.45, 7) is 0. The molecule has 1 aliphatic rings. The number of alkyl halides is 3. The van der Waals surface area contributed by atoms with Gasteiger partial charge in [-0.05, 0) is 49.2 Å². The van der Waals surface area contributed by atoms with E-state index in [0.717, 1.165) is 22.1 Å². The Hall–Kier alpha value is -3.38. The largest absolute Gasteiger partial charge is 0.497 e. The molecule has 1 aromatic carbocycles. The van der Waals surface area contributed by atoms with Gasteiger partial charge in [0.05, 0.1) is 23.3 Å². The standard InChI is InChI=1S/C23H24F3N5O3S/c1-30(2)35(32,33)20-8-7-16(14-18(20)23(24,25)26)31-19-5-4-11-28-22(19)29-21(31)9-6-15-13-17(34-3)10-12-27-15/h4-5,7-8,10-14,21H,6,9H2,1-3H3,(H,28,29). The van der Waals surface area contributed by atoms with E-state index in [-0.39, 0.29) is 5.69 Å². The number of nitrogens with one attached hydrogen (secondary N) is 1. The van der Waals surface area contributed by atoms with Crippen molar-refractivity contribution in [1.29, 1.82) is 0 Å². The molecule has 1 atom stereocenters. The summed E-state index contributed by atoms with van der Waals surface area (Å²) >= 11 is 0. The number of anilines is 3. The second kappa shape index (κ2) is 9.34. The predicted molar refractivity (Wildman–Crippen MR) is 125 cm³/mol. The smallest absolute Gasteiger partial charge is 0.417 e. The monoisotopic (exact) mass is 507 g/mol. The SMILES string of the molecule is COc1ccnc(CCC2Nc3ncccc3N2c2ccc(S(=O)(=O)N(C)C)c(C(F)(F)F)c2)c1. The average molecular weight is 508 g/mol. The third kappa shape index (κ3) is 4.89. The lowest BCUT2D eigenvalue weighted by Gasteiger charge is -2.28. The molecule has 4 rings (SSSR count). The zero-order chi connectivity index (χ0) is 25.4. The first-order valence-corrected chi connectivity index (χ1v) is 12.1. The Labute approximate surface area is 201 Å². The quantitative estimate of drug-likeness (QED) is 0.511. The molecule has 0 saturated carbocycles. The van der Waals surface area contributed by atoms with Crippen LogP contribution < -0.4 is 15.0 Å². The van der Waals surface area contributed by atoms with Crippen LogP contribution >= 0.6 is 0 Å². The lowest BCUT2D eigenvalue weighted by molar-refractivity contribution is -0.139. The maximum Gasteiger partial charge on any atom is 0.417 e. The molecule has 0 bridgehead atoms. The Morgan fingerprint density at radius 3 is 2.57 bits per heavy atom. The fraction of sp³-hybridized carbons (Fsp3) is 0.304. The molecular weight excluding hydrogens is 483 g/mol. The van der Waals surface area contributed by atoms with E-state index in [0.29, 0.717) is 30.1 Å². The number of sulfonamides is 1. The summed E-state index contributed by atoms with van der Waals surface area (Å²) in [5, 5.41) is 3.25. The Kier molecular flexibility index (Phi) is 6.60. The predicted octanol–water partition coefficient (Wildman–Crippen LogP) is 4.28. The molecule has 0 amide bonds. The van der Waals surface area contributed by atoms with Crippen LogP contribution in [0.3, 0.4) is 0 Å². The van der Waals surface area contributed by atoms with E-state index in [1.54, 1.807) is 48.7 Å². The number of aryl methyl sites for hydroxylation is 1. The summed E-state index contributed by atoms with van der Waals surface area (Å²) in [6.07, 6.45) is -1.10. The summed E-state index contributed by atoms with van der Waals surface area (Å²) in [5.74, 6) is 1.18. The van der Waals surface area contributed by atoms with Gasteiger partial charge in [-0.2, -0.15) is 13.2 Å². The van der Waals surface area contributed by atoms with Crippen molar-refractivity contribution in [1.82, 2.24) is 14.3 Å². The van der Waals surface area contributed by atoms with Gasteiger partial charge >= 0.3 is 6.18 Å². The molecule has 2 aromatic heterocycles. The van der Waals surface area contributed by atoms with Crippen LogP contribution in [-0.2, 0) is 22.6 Å². The molecular formula is C23H24F3N5O3S. The summed E-state index contributed by atoms with van der Waals surface area (Å²) < 4.78 is 73.1. The molecule has 0 radical (unpaired) electrons. The molecule has 3 heterocycles. The van der Waals surface area contributed by atoms with Crippen LogP contribution in [-0.4, -0.2) is 50.1 Å². The highest BCUT2D eigenvalue weighted by molar-refractivity contribution is 7.89. The second-order valence-electron chi connectivity index (χ2n) is 8.09. The van der Waals surface area contributed by atoms with Crippen molar-refractivity contribution in [2.75, 3.05) is 31.4 Å². The molecule has 3 aromatic rings. The molecule has 0 spiro atoms. The van der Waals surface area contributed by atoms with Gasteiger partial charge in [-0.15, -0.1) is 0 Å². The van der Waals surface area contributed by atoms with Crippen molar-refractivity contribution < 1.29 is 26.3 Å². The van der Waals surface area contributed by atoms with Crippen molar-refractivity contribution in [2.24, 2.45) is 0 Å². The summed E-state index contributed by atoms with van der Waals surface area (Å²) in [7, 11) is -0.370. The van der Waals surface area contributed by atoms with Crippen LogP contribution in [0.15, 0.2) is 59.8 Å². The molecule has 8 nitrogen and oxygen atoms in total. The van der Waals surface area contributed by atoms with Crippen molar-refractivity contribution >= 4 is 27.2 Å². The second-order valence-corrected chi connectivity index (χ2v) is 10.2. The Balaban J connectivity index is 1.74. The maximum atomic E-state index is 14.0. The molecule has 0 fully saturated rings. The first-order valence-electron chi connectivity index (χ1n) is 10.7. The molecule has 0 saturated heterocycles. The minimum absolute atomic E-state index is 0.192. The highest BCUT2D eigenvalue weighted by atomic mass is 32.2. The van der Waals surface area contributed by atoms with E-state index >= 15 is 0 Å². The average Bonchev–Trinajstić information content (AvgIpc) is 3.20. The van der Waals surface area contributed by atoms with Crippen LogP contribution in [0.2, 0.25) is 0 Å². The number of aromatic nitrogens is 2. The number of pyridine rings is 2. The van der Waals surface area contributed by atoms with Crippen LogP contribution in [0, 0.1) is 0 Å². The summed E-state index contributed by atoms with van der Waals surface area (Å²) in [4.78, 5) is 9.54. The van der Waals surface area contributed by atoms with Crippen LogP contribution in [0.25, 0.3) is 0 Å². The summed E-state index contributed by atoms with van der Waals surface area (Å²) in [5.41, 5.74) is 0.318. The third-order valence-corrected chi connectivity index (χ3v) is 7.54. The fourth-order valence-electron chi connectivity index (χ4n) is 3.93. The van der Waals surface area contributed by atoms with Gasteiger partial charge in [0, 0.05) is 43.9 Å². The van der Waals surface area contributed by atoms with Crippen molar-refractivity contribution in [3.05, 3.63) is 66.1 Å². The molecule has 1 unspecified atom stereocenters. The van der Waals surface area contributed by atoms with E-state index in [9.17, 15) is 21.6 Å². The number of ether oxygens (including phenoxy) is 1. The minimum Gasteiger partial charge on any atom is -0.497 e. The Morgan fingerprint density at radius 1 is 1.11 bits per heavy atom. The van der Waals surface area contributed by atoms with Gasteiger partial charge in [-0.1, -0.05) is 0 Å². The first kappa shape index (κ1) is 24.7. The molecule has 35 heavy (non-hydrogen) atoms. The number of methoxy groups -OCH3 is 1. The number of nitrogens with zero attached hydrogens (tertiary/aromatic N) is 4. The van der Waals surface area contributed by atoms with Gasteiger partial charge in [-0.25, -0.2) is 17.7 Å². The zero-order valence-electron chi connectivity index (χ0n) is 19.2. The lowest BCUT2D eigenvalue weighted by atomic mass is 10.1. The number of hydrogen-bond donors (Lipinski definition) is 1. The summed E-state index contributed by atoms with van der Waals surface area (Å²) in [6, 6.07) is 10.2. The molecule has 1 aliphatic heterocycles. The van der Waals surface area contributed by atoms with Crippen LogP contribution in [0.5, 0.6) is 5.75 Å². The number of benzene rings is 1.